The summed E-state index contributed by atoms with van der Waals surface area (Å²) in [6.45, 7) is 4.56. The van der Waals surface area contributed by atoms with Crippen molar-refractivity contribution >= 4 is 17.5 Å². The zero-order chi connectivity index (χ0) is 15.7. The van der Waals surface area contributed by atoms with E-state index in [0.29, 0.717) is 16.6 Å². The summed E-state index contributed by atoms with van der Waals surface area (Å²) < 4.78 is 18.9. The third-order valence-corrected chi connectivity index (χ3v) is 4.46. The molecule has 0 bridgehead atoms. The standard InChI is InChI=1S/C16H20ClFN2O2/c1-10-7-20-8-14(6-15(20)9-22-10)19-16(21)4-11-2-12(17)5-13(18)3-11/h2-3,5,10,14-15H,4,6-9H2,1H3,(H,19,21)/t10-,14+,15+/m1/s1. The number of ether oxygens (including phenoxy) is 1. The van der Waals surface area contributed by atoms with Gasteiger partial charge in [0, 0.05) is 30.2 Å². The highest BCUT2D eigenvalue weighted by Gasteiger charge is 2.36. The van der Waals surface area contributed by atoms with Crippen LogP contribution in [0.3, 0.4) is 0 Å². The van der Waals surface area contributed by atoms with Gasteiger partial charge in [-0.25, -0.2) is 4.39 Å². The minimum absolute atomic E-state index is 0.0968. The van der Waals surface area contributed by atoms with Crippen LogP contribution < -0.4 is 5.32 Å². The minimum Gasteiger partial charge on any atom is -0.376 e. The van der Waals surface area contributed by atoms with Crippen LogP contribution in [0.15, 0.2) is 18.2 Å². The maximum Gasteiger partial charge on any atom is 0.224 e. The Labute approximate surface area is 134 Å². The summed E-state index contributed by atoms with van der Waals surface area (Å²) in [5, 5.41) is 3.35. The van der Waals surface area contributed by atoms with Gasteiger partial charge in [-0.3, -0.25) is 9.69 Å². The van der Waals surface area contributed by atoms with E-state index in [9.17, 15) is 9.18 Å². The van der Waals surface area contributed by atoms with Gasteiger partial charge in [0.1, 0.15) is 5.82 Å². The first-order valence-electron chi connectivity index (χ1n) is 7.59. The fourth-order valence-corrected chi connectivity index (χ4v) is 3.57. The van der Waals surface area contributed by atoms with Crippen LogP contribution in [0.25, 0.3) is 0 Å². The van der Waals surface area contributed by atoms with E-state index in [0.717, 1.165) is 26.1 Å². The summed E-state index contributed by atoms with van der Waals surface area (Å²) in [5.74, 6) is -0.514. The van der Waals surface area contributed by atoms with Crippen LogP contribution in [-0.2, 0) is 16.0 Å². The van der Waals surface area contributed by atoms with Crippen molar-refractivity contribution in [3.8, 4) is 0 Å². The number of rotatable bonds is 3. The Kier molecular flexibility index (Phi) is 4.66. The van der Waals surface area contributed by atoms with Gasteiger partial charge >= 0.3 is 0 Å². The molecule has 2 saturated heterocycles. The highest BCUT2D eigenvalue weighted by Crippen LogP contribution is 2.23. The molecular weight excluding hydrogens is 307 g/mol. The normalized spacial score (nSPS) is 28.4. The Bertz CT molecular complexity index is 549. The molecule has 3 rings (SSSR count). The van der Waals surface area contributed by atoms with Crippen molar-refractivity contribution in [3.05, 3.63) is 34.6 Å². The number of hydrogen-bond donors (Lipinski definition) is 1. The predicted octanol–water partition coefficient (Wildman–Crippen LogP) is 2.00. The van der Waals surface area contributed by atoms with Gasteiger partial charge in [0.25, 0.3) is 0 Å². The van der Waals surface area contributed by atoms with E-state index in [1.54, 1.807) is 6.07 Å². The molecule has 1 aromatic carbocycles. The predicted molar refractivity (Wildman–Crippen MR) is 82.4 cm³/mol. The SMILES string of the molecule is C[C@@H]1CN2C[C@@H](NC(=O)Cc3cc(F)cc(Cl)c3)C[C@H]2CO1. The topological polar surface area (TPSA) is 41.6 Å². The first-order valence-corrected chi connectivity index (χ1v) is 7.97. The van der Waals surface area contributed by atoms with Crippen LogP contribution in [0.1, 0.15) is 18.9 Å². The highest BCUT2D eigenvalue weighted by atomic mass is 35.5. The van der Waals surface area contributed by atoms with Crippen molar-refractivity contribution < 1.29 is 13.9 Å². The molecule has 0 saturated carbocycles. The van der Waals surface area contributed by atoms with Crippen LogP contribution >= 0.6 is 11.6 Å². The molecule has 2 heterocycles. The molecule has 2 fully saturated rings. The number of carbonyl (C=O) groups is 1. The summed E-state index contributed by atoms with van der Waals surface area (Å²) in [6.07, 6.45) is 1.30. The lowest BCUT2D eigenvalue weighted by Crippen LogP contribution is -2.45. The molecule has 2 aliphatic heterocycles. The largest absolute Gasteiger partial charge is 0.376 e. The maximum atomic E-state index is 13.3. The fourth-order valence-electron chi connectivity index (χ4n) is 3.32. The molecule has 1 N–H and O–H groups in total. The summed E-state index contributed by atoms with van der Waals surface area (Å²) in [4.78, 5) is 14.5. The molecule has 0 unspecified atom stereocenters. The number of amides is 1. The molecule has 0 aliphatic carbocycles. The van der Waals surface area contributed by atoms with Crippen molar-refractivity contribution in [2.75, 3.05) is 19.7 Å². The molecule has 4 nitrogen and oxygen atoms in total. The Hall–Kier alpha value is -1.17. The average molecular weight is 327 g/mol. The number of carbonyl (C=O) groups excluding carboxylic acids is 1. The van der Waals surface area contributed by atoms with Crippen molar-refractivity contribution in [2.45, 2.75) is 38.0 Å². The second-order valence-corrected chi connectivity index (χ2v) is 6.64. The fraction of sp³-hybridized carbons (Fsp3) is 0.562. The Balaban J connectivity index is 1.54. The summed E-state index contributed by atoms with van der Waals surface area (Å²) in [7, 11) is 0. The van der Waals surface area contributed by atoms with Gasteiger partial charge < -0.3 is 10.1 Å². The molecule has 0 radical (unpaired) electrons. The van der Waals surface area contributed by atoms with Gasteiger partial charge in [-0.05, 0) is 37.1 Å². The number of halogens is 2. The number of nitrogens with one attached hydrogen (secondary N) is 1. The number of hydrogen-bond acceptors (Lipinski definition) is 3. The Morgan fingerprint density at radius 3 is 3.05 bits per heavy atom. The van der Waals surface area contributed by atoms with Crippen molar-refractivity contribution in [1.29, 1.82) is 0 Å². The van der Waals surface area contributed by atoms with Gasteiger partial charge in [-0.2, -0.15) is 0 Å². The van der Waals surface area contributed by atoms with E-state index in [1.807, 2.05) is 0 Å². The Morgan fingerprint density at radius 2 is 2.27 bits per heavy atom. The van der Waals surface area contributed by atoms with E-state index >= 15 is 0 Å². The molecule has 0 aromatic heterocycles. The molecule has 1 aromatic rings. The summed E-state index contributed by atoms with van der Waals surface area (Å²) >= 11 is 5.81. The van der Waals surface area contributed by atoms with Crippen LogP contribution in [0.4, 0.5) is 4.39 Å². The smallest absolute Gasteiger partial charge is 0.224 e. The monoisotopic (exact) mass is 326 g/mol. The van der Waals surface area contributed by atoms with E-state index in [1.165, 1.54) is 12.1 Å². The Morgan fingerprint density at radius 1 is 1.45 bits per heavy atom. The first kappa shape index (κ1) is 15.7. The molecule has 0 spiro atoms. The molecule has 3 atom stereocenters. The lowest BCUT2D eigenvalue weighted by molar-refractivity contribution is -0.121. The van der Waals surface area contributed by atoms with Crippen LogP contribution in [0, 0.1) is 5.82 Å². The first-order chi connectivity index (χ1) is 10.5. The lowest BCUT2D eigenvalue weighted by Gasteiger charge is -2.33. The molecule has 2 aliphatic rings. The summed E-state index contributed by atoms with van der Waals surface area (Å²) in [5.41, 5.74) is 0.593. The maximum absolute atomic E-state index is 13.3. The van der Waals surface area contributed by atoms with Gasteiger partial charge in [-0.1, -0.05) is 11.6 Å². The van der Waals surface area contributed by atoms with E-state index in [-0.39, 0.29) is 24.5 Å². The van der Waals surface area contributed by atoms with Gasteiger partial charge in [0.05, 0.1) is 19.1 Å². The van der Waals surface area contributed by atoms with Gasteiger partial charge in [0.15, 0.2) is 0 Å². The molecule has 22 heavy (non-hydrogen) atoms. The molecule has 1 amide bonds. The summed E-state index contributed by atoms with van der Waals surface area (Å²) in [6, 6.07) is 4.73. The molecule has 6 heteroatoms. The van der Waals surface area contributed by atoms with E-state index in [2.05, 4.69) is 17.1 Å². The third-order valence-electron chi connectivity index (χ3n) is 4.24. The highest BCUT2D eigenvalue weighted by molar-refractivity contribution is 6.30. The number of fused-ring (bicyclic) bond motifs is 1. The van der Waals surface area contributed by atoms with E-state index < -0.39 is 5.82 Å². The number of nitrogens with zero attached hydrogens (tertiary/aromatic N) is 1. The average Bonchev–Trinajstić information content (AvgIpc) is 2.78. The minimum atomic E-state index is -0.417. The van der Waals surface area contributed by atoms with Crippen LogP contribution in [-0.4, -0.2) is 48.7 Å². The molecule has 120 valence electrons. The number of morpholine rings is 1. The molecular formula is C16H20ClFN2O2. The van der Waals surface area contributed by atoms with E-state index in [4.69, 9.17) is 16.3 Å². The van der Waals surface area contributed by atoms with Crippen molar-refractivity contribution in [3.63, 3.8) is 0 Å². The zero-order valence-electron chi connectivity index (χ0n) is 12.5. The van der Waals surface area contributed by atoms with Gasteiger partial charge in [-0.15, -0.1) is 0 Å². The second kappa shape index (κ2) is 6.52. The van der Waals surface area contributed by atoms with Crippen molar-refractivity contribution in [1.82, 2.24) is 10.2 Å². The lowest BCUT2D eigenvalue weighted by atomic mass is 10.1. The number of benzene rings is 1. The second-order valence-electron chi connectivity index (χ2n) is 6.21. The zero-order valence-corrected chi connectivity index (χ0v) is 13.3. The van der Waals surface area contributed by atoms with Crippen LogP contribution in [0.2, 0.25) is 5.02 Å². The third kappa shape index (κ3) is 3.77. The quantitative estimate of drug-likeness (QED) is 0.923. The van der Waals surface area contributed by atoms with Crippen LogP contribution in [0.5, 0.6) is 0 Å². The van der Waals surface area contributed by atoms with Gasteiger partial charge in [0.2, 0.25) is 5.91 Å². The van der Waals surface area contributed by atoms with Crippen molar-refractivity contribution in [2.24, 2.45) is 0 Å².